The van der Waals surface area contributed by atoms with E-state index in [2.05, 4.69) is 6.92 Å². The van der Waals surface area contributed by atoms with Crippen molar-refractivity contribution in [3.63, 3.8) is 0 Å². The van der Waals surface area contributed by atoms with Gasteiger partial charge in [0, 0.05) is 5.69 Å². The van der Waals surface area contributed by atoms with E-state index in [1.807, 2.05) is 76.2 Å². The molecule has 0 saturated heterocycles. The Morgan fingerprint density at radius 2 is 1.61 bits per heavy atom. The zero-order chi connectivity index (χ0) is 27.1. The van der Waals surface area contributed by atoms with E-state index in [1.165, 1.54) is 0 Å². The highest BCUT2D eigenvalue weighted by molar-refractivity contribution is 6.10. The highest BCUT2D eigenvalue weighted by atomic mass is 16.5. The van der Waals surface area contributed by atoms with Crippen LogP contribution in [0, 0.1) is 27.7 Å². The number of aryl methyl sites for hydroxylation is 4. The third kappa shape index (κ3) is 4.24. The number of hydrogen-bond donors (Lipinski definition) is 0. The van der Waals surface area contributed by atoms with Crippen molar-refractivity contribution in [2.24, 2.45) is 0 Å². The van der Waals surface area contributed by atoms with Crippen LogP contribution in [0.1, 0.15) is 69.7 Å². The third-order valence-electron chi connectivity index (χ3n) is 7.51. The number of ether oxygens (including phenoxy) is 2. The van der Waals surface area contributed by atoms with Crippen molar-refractivity contribution in [1.82, 2.24) is 0 Å². The summed E-state index contributed by atoms with van der Waals surface area (Å²) >= 11 is 0. The molecule has 0 saturated carbocycles. The fourth-order valence-corrected chi connectivity index (χ4v) is 4.99. The second-order valence-electron chi connectivity index (χ2n) is 10.1. The van der Waals surface area contributed by atoms with Crippen LogP contribution in [0.15, 0.2) is 57.7 Å². The van der Waals surface area contributed by atoms with Crippen molar-refractivity contribution in [2.45, 2.75) is 53.5 Å². The van der Waals surface area contributed by atoms with Crippen LogP contribution in [0.2, 0.25) is 0 Å². The Bertz CT molecular complexity index is 1620. The molecule has 0 bridgehead atoms. The molecule has 1 aromatic heterocycles. The lowest BCUT2D eigenvalue weighted by atomic mass is 9.96. The average Bonchev–Trinajstić information content (AvgIpc) is 3.19. The van der Waals surface area contributed by atoms with Gasteiger partial charge in [-0.05, 0) is 98.3 Å². The van der Waals surface area contributed by atoms with Crippen molar-refractivity contribution in [2.75, 3.05) is 18.6 Å². The maximum Gasteiger partial charge on any atom is 0.295 e. The minimum absolute atomic E-state index is 0.0798. The number of rotatable bonds is 7. The molecule has 0 aliphatic carbocycles. The van der Waals surface area contributed by atoms with Crippen LogP contribution in [-0.2, 0) is 0 Å². The molecule has 1 aliphatic heterocycles. The van der Waals surface area contributed by atoms with Gasteiger partial charge in [-0.2, -0.15) is 0 Å². The van der Waals surface area contributed by atoms with Crippen LogP contribution >= 0.6 is 0 Å². The topological polar surface area (TPSA) is 69.0 Å². The molecule has 6 heteroatoms. The van der Waals surface area contributed by atoms with Crippen LogP contribution < -0.4 is 19.8 Å². The predicted molar refractivity (Wildman–Crippen MR) is 150 cm³/mol. The summed E-state index contributed by atoms with van der Waals surface area (Å²) in [5.41, 5.74) is 6.17. The Labute approximate surface area is 222 Å². The molecular formula is C32H33NO5. The fraction of sp³-hybridized carbons (Fsp3) is 0.312. The summed E-state index contributed by atoms with van der Waals surface area (Å²) in [6.07, 6.45) is 1.96. The molecule has 38 heavy (non-hydrogen) atoms. The van der Waals surface area contributed by atoms with E-state index in [9.17, 15) is 9.59 Å². The molecule has 4 aromatic rings. The fourth-order valence-electron chi connectivity index (χ4n) is 4.99. The van der Waals surface area contributed by atoms with Gasteiger partial charge in [-0.25, -0.2) is 0 Å². The molecule has 6 nitrogen and oxygen atoms in total. The van der Waals surface area contributed by atoms with E-state index in [4.69, 9.17) is 13.9 Å². The zero-order valence-electron chi connectivity index (χ0n) is 22.8. The Morgan fingerprint density at radius 1 is 0.868 bits per heavy atom. The van der Waals surface area contributed by atoms with Gasteiger partial charge in [-0.3, -0.25) is 14.5 Å². The third-order valence-corrected chi connectivity index (χ3v) is 7.51. The maximum absolute atomic E-state index is 14.0. The number of anilines is 1. The number of nitrogens with zero attached hydrogens (tertiary/aromatic N) is 1. The summed E-state index contributed by atoms with van der Waals surface area (Å²) in [5, 5.41) is 0.470. The van der Waals surface area contributed by atoms with Gasteiger partial charge in [-0.15, -0.1) is 0 Å². The molecule has 1 aliphatic rings. The zero-order valence-corrected chi connectivity index (χ0v) is 22.8. The van der Waals surface area contributed by atoms with E-state index >= 15 is 0 Å². The van der Waals surface area contributed by atoms with Crippen LogP contribution in [0.25, 0.3) is 11.0 Å². The normalized spacial score (nSPS) is 14.7. The standard InChI is InChI=1S/C32H33NO5/c1-7-8-13-37-25-12-10-22(17-27(25)36-6)29-28-30(34)24-15-20(4)21(5)16-26(24)38-31(28)32(35)33(29)23-11-9-18(2)19(3)14-23/h9-12,14-17,29H,7-8,13H2,1-6H3. The van der Waals surface area contributed by atoms with Crippen LogP contribution in [0.4, 0.5) is 5.69 Å². The Morgan fingerprint density at radius 3 is 2.32 bits per heavy atom. The first-order chi connectivity index (χ1) is 18.2. The van der Waals surface area contributed by atoms with Gasteiger partial charge in [0.15, 0.2) is 16.9 Å². The van der Waals surface area contributed by atoms with Crippen molar-refractivity contribution in [1.29, 1.82) is 0 Å². The molecule has 1 atom stereocenters. The van der Waals surface area contributed by atoms with Crippen molar-refractivity contribution >= 4 is 22.6 Å². The molecule has 0 spiro atoms. The maximum atomic E-state index is 14.0. The van der Waals surface area contributed by atoms with Crippen molar-refractivity contribution in [3.8, 4) is 11.5 Å². The average molecular weight is 512 g/mol. The van der Waals surface area contributed by atoms with Gasteiger partial charge >= 0.3 is 0 Å². The van der Waals surface area contributed by atoms with E-state index in [0.29, 0.717) is 40.3 Å². The number of carbonyl (C=O) groups is 1. The summed E-state index contributed by atoms with van der Waals surface area (Å²) in [5.74, 6) is 0.920. The number of unbranched alkanes of at least 4 members (excludes halogenated alkanes) is 1. The molecule has 196 valence electrons. The van der Waals surface area contributed by atoms with Crippen molar-refractivity contribution < 1.29 is 18.7 Å². The molecule has 0 fully saturated rings. The highest BCUT2D eigenvalue weighted by Gasteiger charge is 2.44. The molecular weight excluding hydrogens is 478 g/mol. The predicted octanol–water partition coefficient (Wildman–Crippen LogP) is 6.96. The Balaban J connectivity index is 1.74. The second kappa shape index (κ2) is 10.0. The SMILES string of the molecule is CCCCOc1ccc(C2c3c(oc4cc(C)c(C)cc4c3=O)C(=O)N2c2ccc(C)c(C)c2)cc1OC. The largest absolute Gasteiger partial charge is 0.493 e. The van der Waals surface area contributed by atoms with Crippen LogP contribution in [0.3, 0.4) is 0 Å². The molecule has 1 unspecified atom stereocenters. The minimum Gasteiger partial charge on any atom is -0.493 e. The van der Waals surface area contributed by atoms with Gasteiger partial charge in [0.1, 0.15) is 5.58 Å². The lowest BCUT2D eigenvalue weighted by Gasteiger charge is -2.26. The lowest BCUT2D eigenvalue weighted by Crippen LogP contribution is -2.29. The van der Waals surface area contributed by atoms with Gasteiger partial charge in [0.05, 0.1) is 30.7 Å². The first-order valence-electron chi connectivity index (χ1n) is 13.0. The Hall–Kier alpha value is -4.06. The summed E-state index contributed by atoms with van der Waals surface area (Å²) in [7, 11) is 1.59. The number of benzene rings is 3. The smallest absolute Gasteiger partial charge is 0.295 e. The summed E-state index contributed by atoms with van der Waals surface area (Å²) in [4.78, 5) is 29.6. The quantitative estimate of drug-likeness (QED) is 0.251. The van der Waals surface area contributed by atoms with E-state index in [0.717, 1.165) is 40.7 Å². The summed E-state index contributed by atoms with van der Waals surface area (Å²) < 4.78 is 17.8. The highest BCUT2D eigenvalue weighted by Crippen LogP contribution is 2.43. The van der Waals surface area contributed by atoms with Gasteiger partial charge in [0.2, 0.25) is 5.76 Å². The van der Waals surface area contributed by atoms with Crippen molar-refractivity contribution in [3.05, 3.63) is 97.9 Å². The Kier molecular flexibility index (Phi) is 6.74. The van der Waals surface area contributed by atoms with Gasteiger partial charge < -0.3 is 13.9 Å². The molecule has 3 aromatic carbocycles. The van der Waals surface area contributed by atoms with E-state index < -0.39 is 6.04 Å². The monoisotopic (exact) mass is 511 g/mol. The molecule has 1 amide bonds. The first-order valence-corrected chi connectivity index (χ1v) is 13.0. The second-order valence-corrected chi connectivity index (χ2v) is 10.1. The lowest BCUT2D eigenvalue weighted by molar-refractivity contribution is 0.0971. The molecule has 0 N–H and O–H groups in total. The summed E-state index contributed by atoms with van der Waals surface area (Å²) in [6, 6.07) is 14.5. The minimum atomic E-state index is -0.680. The molecule has 2 heterocycles. The number of fused-ring (bicyclic) bond motifs is 2. The first kappa shape index (κ1) is 25.6. The van der Waals surface area contributed by atoms with Crippen LogP contribution in [-0.4, -0.2) is 19.6 Å². The molecule has 5 rings (SSSR count). The molecule has 0 radical (unpaired) electrons. The summed E-state index contributed by atoms with van der Waals surface area (Å²) in [6.45, 7) is 10.7. The number of carbonyl (C=O) groups excluding carboxylic acids is 1. The van der Waals surface area contributed by atoms with Crippen LogP contribution in [0.5, 0.6) is 11.5 Å². The van der Waals surface area contributed by atoms with Gasteiger partial charge in [-0.1, -0.05) is 25.5 Å². The number of methoxy groups -OCH3 is 1. The number of amides is 1. The van der Waals surface area contributed by atoms with Gasteiger partial charge in [0.25, 0.3) is 5.91 Å². The number of hydrogen-bond acceptors (Lipinski definition) is 5. The van der Waals surface area contributed by atoms with E-state index in [1.54, 1.807) is 12.0 Å². The van der Waals surface area contributed by atoms with E-state index in [-0.39, 0.29) is 17.1 Å².